The van der Waals surface area contributed by atoms with Crippen LogP contribution in [0.1, 0.15) is 18.4 Å². The van der Waals surface area contributed by atoms with Gasteiger partial charge in [-0.1, -0.05) is 6.07 Å². The number of amides is 1. The van der Waals surface area contributed by atoms with Gasteiger partial charge < -0.3 is 24.8 Å². The molecule has 2 N–H and O–H groups in total. The molecule has 1 amide bonds. The number of rotatable bonds is 9. The summed E-state index contributed by atoms with van der Waals surface area (Å²) in [5.74, 6) is 0.965. The molecule has 1 atom stereocenters. The van der Waals surface area contributed by atoms with Gasteiger partial charge in [0.1, 0.15) is 11.6 Å². The van der Waals surface area contributed by atoms with Crippen LogP contribution in [0.3, 0.4) is 0 Å². The van der Waals surface area contributed by atoms with E-state index in [1.165, 1.54) is 6.20 Å². The second-order valence-electron chi connectivity index (χ2n) is 5.91. The molecule has 2 rings (SSSR count). The number of carbonyl (C=O) groups excluding carboxylic acids is 1. The van der Waals surface area contributed by atoms with Crippen molar-refractivity contribution in [2.45, 2.75) is 25.4 Å². The number of nitriles is 1. The minimum absolute atomic E-state index is 0.0512. The summed E-state index contributed by atoms with van der Waals surface area (Å²) in [6.45, 7) is 1.75. The number of carbonyl (C=O) groups is 1. The fraction of sp³-hybridized carbons (Fsp3) is 0.474. The Kier molecular flexibility index (Phi) is 7.77. The van der Waals surface area contributed by atoms with Crippen molar-refractivity contribution in [2.24, 2.45) is 0 Å². The highest BCUT2D eigenvalue weighted by molar-refractivity contribution is 5.97. The number of ether oxygens (including phenoxy) is 3. The van der Waals surface area contributed by atoms with Gasteiger partial charge >= 0.3 is 0 Å². The third-order valence-electron chi connectivity index (χ3n) is 4.13. The molecule has 0 aromatic heterocycles. The minimum atomic E-state index is -0.387. The monoisotopic (exact) mass is 359 g/mol. The molecular weight excluding hydrogens is 334 g/mol. The summed E-state index contributed by atoms with van der Waals surface area (Å²) >= 11 is 0. The molecule has 7 nitrogen and oxygen atoms in total. The highest BCUT2D eigenvalue weighted by atomic mass is 16.5. The van der Waals surface area contributed by atoms with Crippen LogP contribution in [-0.4, -0.2) is 45.9 Å². The van der Waals surface area contributed by atoms with Gasteiger partial charge in [0.2, 0.25) is 0 Å². The Morgan fingerprint density at radius 2 is 2.19 bits per heavy atom. The topological polar surface area (TPSA) is 92.6 Å². The van der Waals surface area contributed by atoms with E-state index in [9.17, 15) is 4.79 Å². The quantitative estimate of drug-likeness (QED) is 0.395. The van der Waals surface area contributed by atoms with Crippen molar-refractivity contribution in [3.63, 3.8) is 0 Å². The summed E-state index contributed by atoms with van der Waals surface area (Å²) in [7, 11) is 3.19. The average Bonchev–Trinajstić information content (AvgIpc) is 3.19. The summed E-state index contributed by atoms with van der Waals surface area (Å²) in [5.41, 5.74) is 1.11. The normalized spacial score (nSPS) is 16.7. The molecule has 0 bridgehead atoms. The van der Waals surface area contributed by atoms with E-state index in [0.29, 0.717) is 31.0 Å². The predicted octanol–water partition coefficient (Wildman–Crippen LogP) is 1.54. The van der Waals surface area contributed by atoms with E-state index in [1.807, 2.05) is 24.3 Å². The number of hydrogen-bond donors (Lipinski definition) is 2. The van der Waals surface area contributed by atoms with E-state index in [1.54, 1.807) is 14.2 Å². The molecule has 0 aliphatic carbocycles. The zero-order valence-electron chi connectivity index (χ0n) is 15.2. The van der Waals surface area contributed by atoms with Crippen LogP contribution in [0.5, 0.6) is 11.5 Å². The number of nitrogens with zero attached hydrogens (tertiary/aromatic N) is 1. The molecule has 140 valence electrons. The number of methoxy groups -OCH3 is 2. The largest absolute Gasteiger partial charge is 0.493 e. The summed E-state index contributed by atoms with van der Waals surface area (Å²) in [6.07, 6.45) is 4.17. The van der Waals surface area contributed by atoms with E-state index in [2.05, 4.69) is 10.6 Å². The first kappa shape index (κ1) is 19.6. The van der Waals surface area contributed by atoms with Crippen LogP contribution >= 0.6 is 0 Å². The molecule has 1 heterocycles. The first-order chi connectivity index (χ1) is 12.7. The molecule has 1 aliphatic rings. The van der Waals surface area contributed by atoms with Gasteiger partial charge in [0, 0.05) is 25.9 Å². The number of benzene rings is 1. The van der Waals surface area contributed by atoms with Crippen LogP contribution < -0.4 is 20.1 Å². The van der Waals surface area contributed by atoms with Gasteiger partial charge in [-0.25, -0.2) is 0 Å². The average molecular weight is 359 g/mol. The van der Waals surface area contributed by atoms with Gasteiger partial charge in [-0.05, 0) is 37.0 Å². The Balaban J connectivity index is 1.79. The van der Waals surface area contributed by atoms with E-state index in [-0.39, 0.29) is 17.6 Å². The first-order valence-corrected chi connectivity index (χ1v) is 8.62. The Morgan fingerprint density at radius 3 is 2.85 bits per heavy atom. The van der Waals surface area contributed by atoms with Crippen molar-refractivity contribution < 1.29 is 19.0 Å². The van der Waals surface area contributed by atoms with Crippen molar-refractivity contribution in [1.82, 2.24) is 10.6 Å². The van der Waals surface area contributed by atoms with Crippen molar-refractivity contribution in [2.75, 3.05) is 33.9 Å². The lowest BCUT2D eigenvalue weighted by Gasteiger charge is -2.11. The summed E-state index contributed by atoms with van der Waals surface area (Å²) < 4.78 is 15.9. The van der Waals surface area contributed by atoms with Crippen molar-refractivity contribution in [3.05, 3.63) is 35.5 Å². The molecule has 1 aliphatic heterocycles. The molecule has 0 spiro atoms. The number of nitrogens with one attached hydrogen (secondary N) is 2. The molecule has 7 heteroatoms. The molecular formula is C19H25N3O4. The van der Waals surface area contributed by atoms with Crippen molar-refractivity contribution in [1.29, 1.82) is 5.26 Å². The predicted molar refractivity (Wildman–Crippen MR) is 96.9 cm³/mol. The molecule has 26 heavy (non-hydrogen) atoms. The maximum atomic E-state index is 12.0. The smallest absolute Gasteiger partial charge is 0.263 e. The van der Waals surface area contributed by atoms with Crippen LogP contribution in [0.15, 0.2) is 30.0 Å². The zero-order chi connectivity index (χ0) is 18.8. The molecule has 1 aromatic carbocycles. The van der Waals surface area contributed by atoms with Gasteiger partial charge in [-0.2, -0.15) is 5.26 Å². The van der Waals surface area contributed by atoms with Crippen LogP contribution in [0.4, 0.5) is 0 Å². The van der Waals surface area contributed by atoms with E-state index < -0.39 is 0 Å². The second kappa shape index (κ2) is 10.3. The Bertz CT molecular complexity index is 676. The third-order valence-corrected chi connectivity index (χ3v) is 4.13. The maximum Gasteiger partial charge on any atom is 0.263 e. The Hall–Kier alpha value is -2.72. The number of hydrogen-bond acceptors (Lipinski definition) is 6. The van der Waals surface area contributed by atoms with Crippen LogP contribution in [0, 0.1) is 11.3 Å². The second-order valence-corrected chi connectivity index (χ2v) is 5.91. The fourth-order valence-electron chi connectivity index (χ4n) is 2.68. The van der Waals surface area contributed by atoms with Crippen LogP contribution in [-0.2, 0) is 16.0 Å². The highest BCUT2D eigenvalue weighted by Gasteiger charge is 2.17. The van der Waals surface area contributed by atoms with E-state index >= 15 is 0 Å². The van der Waals surface area contributed by atoms with Gasteiger partial charge in [0.25, 0.3) is 5.91 Å². The lowest BCUT2D eigenvalue weighted by Crippen LogP contribution is -2.33. The standard InChI is InChI=1S/C19H25N3O4/c1-24-17-6-5-14(10-18(17)25-2)7-8-21-12-15(11-20)19(23)22-13-16-4-3-9-26-16/h5-6,10,12,16,21H,3-4,7-9,13H2,1-2H3,(H,22,23)/b15-12-. The van der Waals surface area contributed by atoms with Gasteiger partial charge in [0.15, 0.2) is 11.5 Å². The molecule has 0 radical (unpaired) electrons. The van der Waals surface area contributed by atoms with E-state index in [4.69, 9.17) is 19.5 Å². The van der Waals surface area contributed by atoms with Gasteiger partial charge in [-0.15, -0.1) is 0 Å². The summed E-state index contributed by atoms with van der Waals surface area (Å²) in [4.78, 5) is 12.0. The lowest BCUT2D eigenvalue weighted by molar-refractivity contribution is -0.117. The fourth-order valence-corrected chi connectivity index (χ4v) is 2.68. The van der Waals surface area contributed by atoms with Crippen molar-refractivity contribution in [3.8, 4) is 17.6 Å². The molecule has 0 saturated carbocycles. The molecule has 1 unspecified atom stereocenters. The molecule has 1 fully saturated rings. The zero-order valence-corrected chi connectivity index (χ0v) is 15.2. The van der Waals surface area contributed by atoms with Crippen LogP contribution in [0.25, 0.3) is 0 Å². The summed E-state index contributed by atoms with van der Waals surface area (Å²) in [6, 6.07) is 7.63. The SMILES string of the molecule is COc1ccc(CCN/C=C(/C#N)C(=O)NCC2CCCO2)cc1OC. The van der Waals surface area contributed by atoms with E-state index in [0.717, 1.165) is 25.0 Å². The molecule has 1 saturated heterocycles. The van der Waals surface area contributed by atoms with Gasteiger partial charge in [0.05, 0.1) is 20.3 Å². The lowest BCUT2D eigenvalue weighted by atomic mass is 10.1. The minimum Gasteiger partial charge on any atom is -0.493 e. The Labute approximate surface area is 153 Å². The summed E-state index contributed by atoms with van der Waals surface area (Å²) in [5, 5.41) is 14.9. The first-order valence-electron chi connectivity index (χ1n) is 8.62. The third kappa shape index (κ3) is 5.67. The maximum absolute atomic E-state index is 12.0. The van der Waals surface area contributed by atoms with Crippen LogP contribution in [0.2, 0.25) is 0 Å². The molecule has 1 aromatic rings. The van der Waals surface area contributed by atoms with Crippen molar-refractivity contribution >= 4 is 5.91 Å². The highest BCUT2D eigenvalue weighted by Crippen LogP contribution is 2.27. The van der Waals surface area contributed by atoms with Gasteiger partial charge in [-0.3, -0.25) is 4.79 Å². The Morgan fingerprint density at radius 1 is 1.38 bits per heavy atom.